The predicted octanol–water partition coefficient (Wildman–Crippen LogP) is 0.946. The van der Waals surface area contributed by atoms with Crippen molar-refractivity contribution in [2.45, 2.75) is 5.75 Å². The van der Waals surface area contributed by atoms with E-state index in [9.17, 15) is 9.00 Å². The lowest BCUT2D eigenvalue weighted by molar-refractivity contribution is 0.216. The van der Waals surface area contributed by atoms with Gasteiger partial charge in [-0.15, -0.1) is 0 Å². The van der Waals surface area contributed by atoms with E-state index >= 15 is 0 Å². The summed E-state index contributed by atoms with van der Waals surface area (Å²) in [5.74, 6) is 0.170. The normalized spacial score (nSPS) is 12.0. The summed E-state index contributed by atoms with van der Waals surface area (Å²) in [5.41, 5.74) is 5.53. The molecule has 1 amide bonds. The highest BCUT2D eigenvalue weighted by Crippen LogP contribution is 2.03. The Labute approximate surface area is 78.4 Å². The summed E-state index contributed by atoms with van der Waals surface area (Å²) in [7, 11) is 0. The fourth-order valence-corrected chi connectivity index (χ4v) is 1.54. The van der Waals surface area contributed by atoms with E-state index in [2.05, 4.69) is 4.18 Å². The summed E-state index contributed by atoms with van der Waals surface area (Å²) in [6.45, 7) is 0. The number of hydrogen-bond acceptors (Lipinski definition) is 3. The van der Waals surface area contributed by atoms with Crippen molar-refractivity contribution in [2.75, 3.05) is 0 Å². The SMILES string of the molecule is NC(=O)OS(=O)Cc1ccccc1. The number of amides is 1. The van der Waals surface area contributed by atoms with Gasteiger partial charge in [-0.2, -0.15) is 0 Å². The number of benzene rings is 1. The van der Waals surface area contributed by atoms with Crippen LogP contribution in [-0.4, -0.2) is 10.3 Å². The number of primary amides is 1. The Morgan fingerprint density at radius 3 is 2.54 bits per heavy atom. The molecule has 0 bridgehead atoms. The van der Waals surface area contributed by atoms with E-state index in [0.717, 1.165) is 5.56 Å². The molecule has 1 aromatic rings. The third-order valence-electron chi connectivity index (χ3n) is 1.30. The second-order valence-corrected chi connectivity index (χ2v) is 3.40. The second-order valence-electron chi connectivity index (χ2n) is 2.34. The Bertz CT molecular complexity index is 312. The average Bonchev–Trinajstić information content (AvgIpc) is 2.04. The van der Waals surface area contributed by atoms with Gasteiger partial charge in [0.25, 0.3) is 0 Å². The van der Waals surface area contributed by atoms with E-state index < -0.39 is 17.2 Å². The summed E-state index contributed by atoms with van der Waals surface area (Å²) in [6, 6.07) is 9.07. The van der Waals surface area contributed by atoms with Crippen LogP contribution in [0.15, 0.2) is 30.3 Å². The van der Waals surface area contributed by atoms with Gasteiger partial charge in [0.1, 0.15) is 0 Å². The van der Waals surface area contributed by atoms with Gasteiger partial charge >= 0.3 is 6.09 Å². The van der Waals surface area contributed by atoms with Crippen LogP contribution in [0.5, 0.6) is 0 Å². The molecule has 0 aliphatic heterocycles. The Kier molecular flexibility index (Phi) is 3.45. The molecule has 0 radical (unpaired) electrons. The first kappa shape index (κ1) is 9.73. The number of hydrogen-bond donors (Lipinski definition) is 1. The molecule has 0 spiro atoms. The van der Waals surface area contributed by atoms with Crippen LogP contribution in [-0.2, 0) is 21.0 Å². The molecule has 0 aliphatic rings. The Hall–Kier alpha value is -1.36. The molecule has 0 fully saturated rings. The summed E-state index contributed by atoms with van der Waals surface area (Å²) in [4.78, 5) is 10.2. The minimum absolute atomic E-state index is 0.170. The molecule has 0 saturated carbocycles. The van der Waals surface area contributed by atoms with Crippen molar-refractivity contribution in [1.82, 2.24) is 0 Å². The minimum Gasteiger partial charge on any atom is -0.347 e. The second kappa shape index (κ2) is 4.61. The van der Waals surface area contributed by atoms with Crippen LogP contribution < -0.4 is 5.73 Å². The molecule has 0 aliphatic carbocycles. The number of carbonyl (C=O) groups is 1. The van der Waals surface area contributed by atoms with Crippen LogP contribution in [0.3, 0.4) is 0 Å². The quantitative estimate of drug-likeness (QED) is 0.787. The van der Waals surface area contributed by atoms with Gasteiger partial charge in [-0.05, 0) is 5.56 Å². The summed E-state index contributed by atoms with van der Waals surface area (Å²) < 4.78 is 15.3. The van der Waals surface area contributed by atoms with Crippen LogP contribution in [0.25, 0.3) is 0 Å². The number of nitrogens with two attached hydrogens (primary N) is 1. The lowest BCUT2D eigenvalue weighted by Crippen LogP contribution is -2.15. The third-order valence-corrected chi connectivity index (χ3v) is 2.22. The van der Waals surface area contributed by atoms with Crippen molar-refractivity contribution in [3.63, 3.8) is 0 Å². The van der Waals surface area contributed by atoms with Crippen molar-refractivity contribution >= 4 is 17.2 Å². The topological polar surface area (TPSA) is 69.4 Å². The van der Waals surface area contributed by atoms with E-state index in [4.69, 9.17) is 5.73 Å². The maximum atomic E-state index is 11.0. The fraction of sp³-hybridized carbons (Fsp3) is 0.125. The molecule has 4 nitrogen and oxygen atoms in total. The van der Waals surface area contributed by atoms with Crippen molar-refractivity contribution in [3.8, 4) is 0 Å². The summed E-state index contributed by atoms with van der Waals surface area (Å²) in [5, 5.41) is 0. The van der Waals surface area contributed by atoms with Crippen LogP contribution in [0.4, 0.5) is 4.79 Å². The summed E-state index contributed by atoms with van der Waals surface area (Å²) in [6.07, 6.45) is -1.02. The van der Waals surface area contributed by atoms with Gasteiger partial charge in [0.2, 0.25) is 11.1 Å². The molecule has 0 heterocycles. The number of rotatable bonds is 3. The molecule has 5 heteroatoms. The van der Waals surface area contributed by atoms with Crippen LogP contribution in [0.2, 0.25) is 0 Å². The predicted molar refractivity (Wildman–Crippen MR) is 49.0 cm³/mol. The van der Waals surface area contributed by atoms with Gasteiger partial charge in [0.05, 0.1) is 5.75 Å². The largest absolute Gasteiger partial charge is 0.418 e. The first-order valence-corrected chi connectivity index (χ1v) is 4.83. The van der Waals surface area contributed by atoms with E-state index in [-0.39, 0.29) is 5.75 Å². The number of carbonyl (C=O) groups excluding carboxylic acids is 1. The molecular formula is C8H9NO3S. The Morgan fingerprint density at radius 2 is 2.00 bits per heavy atom. The monoisotopic (exact) mass is 199 g/mol. The Balaban J connectivity index is 2.50. The van der Waals surface area contributed by atoms with Gasteiger partial charge in [0, 0.05) is 0 Å². The smallest absolute Gasteiger partial charge is 0.347 e. The molecule has 0 aromatic heterocycles. The van der Waals surface area contributed by atoms with Crippen molar-refractivity contribution in [3.05, 3.63) is 35.9 Å². The first-order valence-electron chi connectivity index (χ1n) is 3.58. The first-order chi connectivity index (χ1) is 6.18. The maximum Gasteiger partial charge on any atom is 0.418 e. The third kappa shape index (κ3) is 3.71. The van der Waals surface area contributed by atoms with Crippen molar-refractivity contribution < 1.29 is 13.2 Å². The highest BCUT2D eigenvalue weighted by molar-refractivity contribution is 7.79. The Morgan fingerprint density at radius 1 is 1.38 bits per heavy atom. The molecule has 1 unspecified atom stereocenters. The van der Waals surface area contributed by atoms with Crippen LogP contribution in [0.1, 0.15) is 5.56 Å². The fourth-order valence-electron chi connectivity index (χ4n) is 0.831. The highest BCUT2D eigenvalue weighted by Gasteiger charge is 2.04. The maximum absolute atomic E-state index is 11.0. The van der Waals surface area contributed by atoms with Crippen molar-refractivity contribution in [2.24, 2.45) is 5.73 Å². The van der Waals surface area contributed by atoms with E-state index in [0.29, 0.717) is 0 Å². The molecule has 70 valence electrons. The molecule has 2 N–H and O–H groups in total. The van der Waals surface area contributed by atoms with E-state index in [1.807, 2.05) is 18.2 Å². The minimum atomic E-state index is -1.68. The van der Waals surface area contributed by atoms with Crippen LogP contribution >= 0.6 is 0 Å². The van der Waals surface area contributed by atoms with Gasteiger partial charge in [0.15, 0.2) is 0 Å². The lowest BCUT2D eigenvalue weighted by Gasteiger charge is -1.99. The molecule has 0 saturated heterocycles. The average molecular weight is 199 g/mol. The van der Waals surface area contributed by atoms with Gasteiger partial charge in [-0.1, -0.05) is 30.3 Å². The van der Waals surface area contributed by atoms with E-state index in [1.54, 1.807) is 12.1 Å². The van der Waals surface area contributed by atoms with Gasteiger partial charge in [-0.25, -0.2) is 9.00 Å². The van der Waals surface area contributed by atoms with Gasteiger partial charge in [-0.3, -0.25) is 0 Å². The van der Waals surface area contributed by atoms with Crippen molar-refractivity contribution in [1.29, 1.82) is 0 Å². The molecule has 1 atom stereocenters. The highest BCUT2D eigenvalue weighted by atomic mass is 32.2. The van der Waals surface area contributed by atoms with E-state index in [1.165, 1.54) is 0 Å². The lowest BCUT2D eigenvalue weighted by atomic mass is 10.2. The van der Waals surface area contributed by atoms with Gasteiger partial charge < -0.3 is 9.92 Å². The molecule has 13 heavy (non-hydrogen) atoms. The zero-order valence-corrected chi connectivity index (χ0v) is 7.62. The van der Waals surface area contributed by atoms with Crippen LogP contribution in [0, 0.1) is 0 Å². The zero-order chi connectivity index (χ0) is 9.68. The standard InChI is InChI=1S/C8H9NO3S/c9-8(10)12-13(11)6-7-4-2-1-3-5-7/h1-5H,6H2,(H2,9,10). The zero-order valence-electron chi connectivity index (χ0n) is 6.80. The molecule has 1 rings (SSSR count). The molecular weight excluding hydrogens is 190 g/mol. The summed E-state index contributed by atoms with van der Waals surface area (Å²) >= 11 is -1.68. The molecule has 1 aromatic carbocycles.